The summed E-state index contributed by atoms with van der Waals surface area (Å²) >= 11 is 0. The average molecular weight is 241 g/mol. The molecular weight excluding hydrogens is 222 g/mol. The molecule has 0 spiro atoms. The van der Waals surface area contributed by atoms with Crippen LogP contribution in [0.5, 0.6) is 0 Å². The van der Waals surface area contributed by atoms with Crippen LogP contribution in [0.15, 0.2) is 30.5 Å². The molecule has 2 aromatic rings. The molecule has 3 heteroatoms. The highest BCUT2D eigenvalue weighted by Crippen LogP contribution is 2.28. The first kappa shape index (κ1) is 11.5. The largest absolute Gasteiger partial charge is 0.382 e. The molecule has 1 aliphatic carbocycles. The van der Waals surface area contributed by atoms with E-state index in [1.165, 1.54) is 16.6 Å². The Hall–Kier alpha value is -1.61. The number of aromatic nitrogens is 1. The lowest BCUT2D eigenvalue weighted by molar-refractivity contribution is 0.688. The number of fused-ring (bicyclic) bond motifs is 1. The van der Waals surface area contributed by atoms with Gasteiger partial charge in [0.25, 0.3) is 0 Å². The Bertz CT molecular complexity index is 565. The quantitative estimate of drug-likeness (QED) is 0.850. The lowest BCUT2D eigenvalue weighted by atomic mass is 10.1. The summed E-state index contributed by atoms with van der Waals surface area (Å²) in [6.45, 7) is 2.10. The zero-order chi connectivity index (χ0) is 12.5. The SMILES string of the molecule is Cc1ccc(NC2CCC(N)C2)c2cccnc12. The lowest BCUT2D eigenvalue weighted by Gasteiger charge is -2.16. The smallest absolute Gasteiger partial charge is 0.0751 e. The molecule has 1 fully saturated rings. The van der Waals surface area contributed by atoms with Crippen LogP contribution in [0.3, 0.4) is 0 Å². The van der Waals surface area contributed by atoms with E-state index in [0.29, 0.717) is 12.1 Å². The van der Waals surface area contributed by atoms with E-state index in [-0.39, 0.29) is 0 Å². The molecule has 0 radical (unpaired) electrons. The van der Waals surface area contributed by atoms with Gasteiger partial charge in [0.2, 0.25) is 0 Å². The number of hydrogen-bond acceptors (Lipinski definition) is 3. The lowest BCUT2D eigenvalue weighted by Crippen LogP contribution is -2.20. The maximum absolute atomic E-state index is 5.96. The zero-order valence-corrected chi connectivity index (χ0v) is 10.7. The minimum absolute atomic E-state index is 0.359. The van der Waals surface area contributed by atoms with Crippen LogP contribution in [0.4, 0.5) is 5.69 Å². The van der Waals surface area contributed by atoms with E-state index in [1.54, 1.807) is 0 Å². The van der Waals surface area contributed by atoms with Gasteiger partial charge in [-0.15, -0.1) is 0 Å². The number of nitrogens with one attached hydrogen (secondary N) is 1. The number of benzene rings is 1. The summed E-state index contributed by atoms with van der Waals surface area (Å²) in [7, 11) is 0. The molecule has 3 rings (SSSR count). The summed E-state index contributed by atoms with van der Waals surface area (Å²) in [6.07, 6.45) is 5.21. The predicted molar refractivity (Wildman–Crippen MR) is 75.7 cm³/mol. The number of aryl methyl sites for hydroxylation is 1. The molecule has 2 unspecified atom stereocenters. The molecule has 1 aliphatic rings. The van der Waals surface area contributed by atoms with Crippen molar-refractivity contribution in [3.8, 4) is 0 Å². The topological polar surface area (TPSA) is 50.9 Å². The molecule has 3 N–H and O–H groups in total. The van der Waals surface area contributed by atoms with Crippen molar-refractivity contribution in [2.24, 2.45) is 5.73 Å². The fourth-order valence-electron chi connectivity index (χ4n) is 2.81. The van der Waals surface area contributed by atoms with Gasteiger partial charge in [-0.1, -0.05) is 6.07 Å². The summed E-state index contributed by atoms with van der Waals surface area (Å²) in [4.78, 5) is 4.47. The third-order valence-corrected chi connectivity index (χ3v) is 3.80. The highest BCUT2D eigenvalue weighted by molar-refractivity contribution is 5.93. The van der Waals surface area contributed by atoms with Gasteiger partial charge in [0.05, 0.1) is 5.52 Å². The molecule has 0 aliphatic heterocycles. The molecule has 1 saturated carbocycles. The average Bonchev–Trinajstić information content (AvgIpc) is 2.79. The van der Waals surface area contributed by atoms with Crippen LogP contribution in [0.25, 0.3) is 10.9 Å². The Kier molecular flexibility index (Phi) is 2.92. The van der Waals surface area contributed by atoms with Gasteiger partial charge < -0.3 is 11.1 Å². The summed E-state index contributed by atoms with van der Waals surface area (Å²) in [6, 6.07) is 9.28. The van der Waals surface area contributed by atoms with Crippen molar-refractivity contribution in [2.75, 3.05) is 5.32 Å². The first-order chi connectivity index (χ1) is 8.74. The van der Waals surface area contributed by atoms with Crippen molar-refractivity contribution in [1.82, 2.24) is 4.98 Å². The number of hydrogen-bond donors (Lipinski definition) is 2. The van der Waals surface area contributed by atoms with Crippen molar-refractivity contribution in [1.29, 1.82) is 0 Å². The van der Waals surface area contributed by atoms with Gasteiger partial charge in [-0.2, -0.15) is 0 Å². The van der Waals surface area contributed by atoms with Crippen LogP contribution in [-0.4, -0.2) is 17.1 Å². The van der Waals surface area contributed by atoms with E-state index < -0.39 is 0 Å². The summed E-state index contributed by atoms with van der Waals surface area (Å²) < 4.78 is 0. The molecule has 0 bridgehead atoms. The van der Waals surface area contributed by atoms with E-state index in [0.717, 1.165) is 24.8 Å². The second-order valence-electron chi connectivity index (χ2n) is 5.24. The number of rotatable bonds is 2. The second kappa shape index (κ2) is 4.58. The van der Waals surface area contributed by atoms with Crippen molar-refractivity contribution >= 4 is 16.6 Å². The molecule has 18 heavy (non-hydrogen) atoms. The summed E-state index contributed by atoms with van der Waals surface area (Å²) in [5.41, 5.74) is 9.46. The summed E-state index contributed by atoms with van der Waals surface area (Å²) in [5, 5.41) is 4.83. The fourth-order valence-corrected chi connectivity index (χ4v) is 2.81. The van der Waals surface area contributed by atoms with E-state index in [4.69, 9.17) is 5.73 Å². The highest BCUT2D eigenvalue weighted by Gasteiger charge is 2.21. The molecule has 2 atom stereocenters. The second-order valence-corrected chi connectivity index (χ2v) is 5.24. The van der Waals surface area contributed by atoms with E-state index in [9.17, 15) is 0 Å². The van der Waals surface area contributed by atoms with Crippen molar-refractivity contribution in [3.05, 3.63) is 36.0 Å². The summed E-state index contributed by atoms with van der Waals surface area (Å²) in [5.74, 6) is 0. The monoisotopic (exact) mass is 241 g/mol. The predicted octanol–water partition coefficient (Wildman–Crippen LogP) is 2.83. The third kappa shape index (κ3) is 2.06. The van der Waals surface area contributed by atoms with Gasteiger partial charge >= 0.3 is 0 Å². The van der Waals surface area contributed by atoms with E-state index in [1.807, 2.05) is 12.3 Å². The first-order valence-corrected chi connectivity index (χ1v) is 6.60. The van der Waals surface area contributed by atoms with E-state index in [2.05, 4.69) is 35.4 Å². The van der Waals surface area contributed by atoms with Crippen LogP contribution in [0, 0.1) is 6.92 Å². The minimum Gasteiger partial charge on any atom is -0.382 e. The third-order valence-electron chi connectivity index (χ3n) is 3.80. The van der Waals surface area contributed by atoms with Crippen molar-refractivity contribution in [3.63, 3.8) is 0 Å². The normalized spacial score (nSPS) is 23.4. The first-order valence-electron chi connectivity index (χ1n) is 6.60. The Morgan fingerprint density at radius 3 is 2.94 bits per heavy atom. The minimum atomic E-state index is 0.359. The van der Waals surface area contributed by atoms with Gasteiger partial charge in [0, 0.05) is 29.4 Å². The molecule has 1 aromatic carbocycles. The Labute approximate surface area is 107 Å². The molecule has 0 saturated heterocycles. The molecule has 1 aromatic heterocycles. The standard InChI is InChI=1S/C15H19N3/c1-10-4-7-14(13-3-2-8-17-15(10)13)18-12-6-5-11(16)9-12/h2-4,7-8,11-12,18H,5-6,9,16H2,1H3. The van der Waals surface area contributed by atoms with Crippen LogP contribution < -0.4 is 11.1 Å². The van der Waals surface area contributed by atoms with Crippen LogP contribution in [-0.2, 0) is 0 Å². The maximum Gasteiger partial charge on any atom is 0.0751 e. The number of nitrogens with zero attached hydrogens (tertiary/aromatic N) is 1. The zero-order valence-electron chi connectivity index (χ0n) is 10.7. The maximum atomic E-state index is 5.96. The Morgan fingerprint density at radius 1 is 1.28 bits per heavy atom. The molecule has 94 valence electrons. The highest BCUT2D eigenvalue weighted by atomic mass is 14.9. The van der Waals surface area contributed by atoms with Gasteiger partial charge in [0.1, 0.15) is 0 Å². The molecule has 0 amide bonds. The van der Waals surface area contributed by atoms with Crippen LogP contribution in [0.1, 0.15) is 24.8 Å². The number of nitrogens with two attached hydrogens (primary N) is 1. The molecular formula is C15H19N3. The van der Waals surface area contributed by atoms with E-state index >= 15 is 0 Å². The van der Waals surface area contributed by atoms with Crippen LogP contribution in [0.2, 0.25) is 0 Å². The molecule has 3 nitrogen and oxygen atoms in total. The van der Waals surface area contributed by atoms with Gasteiger partial charge in [-0.3, -0.25) is 4.98 Å². The Morgan fingerprint density at radius 2 is 2.17 bits per heavy atom. The van der Waals surface area contributed by atoms with Gasteiger partial charge in [0.15, 0.2) is 0 Å². The van der Waals surface area contributed by atoms with Crippen molar-refractivity contribution in [2.45, 2.75) is 38.3 Å². The van der Waals surface area contributed by atoms with Crippen LogP contribution >= 0.6 is 0 Å². The molecule has 1 heterocycles. The number of anilines is 1. The van der Waals surface area contributed by atoms with Crippen molar-refractivity contribution < 1.29 is 0 Å². The Balaban J connectivity index is 1.95. The van der Waals surface area contributed by atoms with Gasteiger partial charge in [-0.25, -0.2) is 0 Å². The number of pyridine rings is 1. The fraction of sp³-hybridized carbons (Fsp3) is 0.400. The van der Waals surface area contributed by atoms with Gasteiger partial charge in [-0.05, 0) is 49.9 Å².